The minimum atomic E-state index is -0.539. The van der Waals surface area contributed by atoms with Crippen molar-refractivity contribution in [2.24, 2.45) is 7.05 Å². The number of imidazole rings is 1. The van der Waals surface area contributed by atoms with Gasteiger partial charge in [0.2, 0.25) is 0 Å². The lowest BCUT2D eigenvalue weighted by atomic mass is 10.5. The maximum absolute atomic E-state index is 12.0. The van der Waals surface area contributed by atoms with Crippen LogP contribution in [0.25, 0.3) is 11.2 Å². The summed E-state index contributed by atoms with van der Waals surface area (Å²) in [5, 5.41) is 0.453. The number of nitrogens with zero attached hydrogens (tertiary/aromatic N) is 3. The zero-order valence-corrected chi connectivity index (χ0v) is 13.1. The van der Waals surface area contributed by atoms with Crippen molar-refractivity contribution in [2.45, 2.75) is 18.6 Å². The molecule has 0 unspecified atom stereocenters. The van der Waals surface area contributed by atoms with E-state index in [1.807, 2.05) is 0 Å². The number of allylic oxidation sites excluding steroid dienone is 1. The molecule has 0 saturated carbocycles. The van der Waals surface area contributed by atoms with Gasteiger partial charge in [0.1, 0.15) is 0 Å². The standard InChI is InChI=1S/C13H16N4O4S/c1-4-6-17-9-10(16(3)12(20)15-11(9)19)14-13(17)22-7-8(18)21-5-2/h4H,1,5-7H2,2-3H3,(H,15,19,20). The van der Waals surface area contributed by atoms with Gasteiger partial charge in [-0.3, -0.25) is 19.1 Å². The molecule has 0 spiro atoms. The smallest absolute Gasteiger partial charge is 0.329 e. The van der Waals surface area contributed by atoms with Gasteiger partial charge in [0.05, 0.1) is 12.4 Å². The van der Waals surface area contributed by atoms with E-state index in [-0.39, 0.29) is 22.9 Å². The van der Waals surface area contributed by atoms with Crippen LogP contribution < -0.4 is 11.2 Å². The predicted molar refractivity (Wildman–Crippen MR) is 83.1 cm³/mol. The van der Waals surface area contributed by atoms with Crippen LogP contribution in [0.2, 0.25) is 0 Å². The van der Waals surface area contributed by atoms with Gasteiger partial charge in [-0.2, -0.15) is 0 Å². The molecule has 0 saturated heterocycles. The molecule has 2 aromatic heterocycles. The summed E-state index contributed by atoms with van der Waals surface area (Å²) in [6.07, 6.45) is 1.61. The molecule has 0 bridgehead atoms. The Labute approximate surface area is 129 Å². The molecule has 118 valence electrons. The first-order valence-corrected chi connectivity index (χ1v) is 7.57. The summed E-state index contributed by atoms with van der Waals surface area (Å²) < 4.78 is 7.73. The molecule has 8 nitrogen and oxygen atoms in total. The summed E-state index contributed by atoms with van der Waals surface area (Å²) >= 11 is 1.15. The molecule has 22 heavy (non-hydrogen) atoms. The molecule has 0 radical (unpaired) electrons. The van der Waals surface area contributed by atoms with Gasteiger partial charge in [0.15, 0.2) is 16.3 Å². The molecule has 0 amide bonds. The number of carbonyl (C=O) groups is 1. The van der Waals surface area contributed by atoms with Gasteiger partial charge in [-0.1, -0.05) is 17.8 Å². The Kier molecular flexibility index (Phi) is 4.86. The van der Waals surface area contributed by atoms with E-state index < -0.39 is 11.2 Å². The number of ether oxygens (including phenoxy) is 1. The molecular weight excluding hydrogens is 308 g/mol. The second-order valence-corrected chi connectivity index (χ2v) is 5.32. The van der Waals surface area contributed by atoms with Gasteiger partial charge >= 0.3 is 11.7 Å². The van der Waals surface area contributed by atoms with Gasteiger partial charge in [0.25, 0.3) is 5.56 Å². The molecule has 2 heterocycles. The highest BCUT2D eigenvalue weighted by Gasteiger charge is 2.17. The van der Waals surface area contributed by atoms with Crippen LogP contribution in [0.3, 0.4) is 0 Å². The van der Waals surface area contributed by atoms with Gasteiger partial charge < -0.3 is 9.30 Å². The minimum absolute atomic E-state index is 0.0696. The van der Waals surface area contributed by atoms with Crippen LogP contribution in [0, 0.1) is 0 Å². The van der Waals surface area contributed by atoms with Gasteiger partial charge in [0, 0.05) is 13.6 Å². The quantitative estimate of drug-likeness (QED) is 0.465. The largest absolute Gasteiger partial charge is 0.465 e. The number of nitrogens with one attached hydrogen (secondary N) is 1. The van der Waals surface area contributed by atoms with E-state index in [4.69, 9.17) is 4.74 Å². The first kappa shape index (κ1) is 16.1. The molecule has 0 fully saturated rings. The van der Waals surface area contributed by atoms with E-state index in [2.05, 4.69) is 16.5 Å². The first-order chi connectivity index (χ1) is 10.5. The summed E-state index contributed by atoms with van der Waals surface area (Å²) in [6, 6.07) is 0. The Morgan fingerprint density at radius 1 is 1.50 bits per heavy atom. The second-order valence-electron chi connectivity index (χ2n) is 4.38. The summed E-state index contributed by atoms with van der Waals surface area (Å²) in [6.45, 7) is 6.01. The zero-order valence-electron chi connectivity index (χ0n) is 12.3. The molecule has 2 aromatic rings. The lowest BCUT2D eigenvalue weighted by molar-refractivity contribution is -0.139. The number of aryl methyl sites for hydroxylation is 1. The van der Waals surface area contributed by atoms with Crippen LogP contribution in [0.15, 0.2) is 27.4 Å². The predicted octanol–water partition coefficient (Wildman–Crippen LogP) is 0.264. The molecule has 2 rings (SSSR count). The molecule has 0 aromatic carbocycles. The number of H-pyrrole nitrogens is 1. The molecule has 1 N–H and O–H groups in total. The van der Waals surface area contributed by atoms with E-state index in [1.165, 1.54) is 11.6 Å². The SMILES string of the molecule is C=CCn1c(SCC(=O)OCC)nc2c1c(=O)[nH]c(=O)n2C. The Balaban J connectivity index is 2.52. The average Bonchev–Trinajstić information content (AvgIpc) is 2.83. The van der Waals surface area contributed by atoms with Crippen LogP contribution in [0.5, 0.6) is 0 Å². The maximum Gasteiger partial charge on any atom is 0.329 e. The Hall–Kier alpha value is -2.29. The highest BCUT2D eigenvalue weighted by Crippen LogP contribution is 2.21. The number of hydrogen-bond acceptors (Lipinski definition) is 6. The summed E-state index contributed by atoms with van der Waals surface area (Å²) in [5.41, 5.74) is -0.520. The van der Waals surface area contributed by atoms with E-state index in [0.29, 0.717) is 18.3 Å². The topological polar surface area (TPSA) is 99.0 Å². The van der Waals surface area contributed by atoms with Gasteiger partial charge in [-0.25, -0.2) is 9.78 Å². The van der Waals surface area contributed by atoms with Crippen molar-refractivity contribution in [3.05, 3.63) is 33.5 Å². The lowest BCUT2D eigenvalue weighted by Gasteiger charge is -2.05. The number of hydrogen-bond donors (Lipinski definition) is 1. The molecule has 0 atom stereocenters. The third kappa shape index (κ3) is 2.98. The molecular formula is C13H16N4O4S. The third-order valence-electron chi connectivity index (χ3n) is 2.91. The maximum atomic E-state index is 12.0. The van der Waals surface area contributed by atoms with Crippen LogP contribution >= 0.6 is 11.8 Å². The first-order valence-electron chi connectivity index (χ1n) is 6.58. The monoisotopic (exact) mass is 324 g/mol. The fourth-order valence-electron chi connectivity index (χ4n) is 1.95. The highest BCUT2D eigenvalue weighted by atomic mass is 32.2. The van der Waals surface area contributed by atoms with Crippen molar-refractivity contribution in [2.75, 3.05) is 12.4 Å². The number of thioether (sulfide) groups is 1. The fraction of sp³-hybridized carbons (Fsp3) is 0.385. The van der Waals surface area contributed by atoms with Crippen LogP contribution in [0.1, 0.15) is 6.92 Å². The fourth-order valence-corrected chi connectivity index (χ4v) is 2.75. The Morgan fingerprint density at radius 2 is 2.23 bits per heavy atom. The zero-order chi connectivity index (χ0) is 16.3. The number of carbonyl (C=O) groups excluding carboxylic acids is 1. The molecule has 0 aliphatic carbocycles. The second kappa shape index (κ2) is 6.65. The summed E-state index contributed by atoms with van der Waals surface area (Å²) in [7, 11) is 1.52. The van der Waals surface area contributed by atoms with Crippen molar-refractivity contribution in [3.63, 3.8) is 0 Å². The lowest BCUT2D eigenvalue weighted by Crippen LogP contribution is -2.29. The number of esters is 1. The van der Waals surface area contributed by atoms with E-state index in [1.54, 1.807) is 17.6 Å². The number of aromatic nitrogens is 4. The molecule has 0 aliphatic heterocycles. The average molecular weight is 324 g/mol. The van der Waals surface area contributed by atoms with Crippen LogP contribution in [0.4, 0.5) is 0 Å². The normalized spacial score (nSPS) is 10.8. The highest BCUT2D eigenvalue weighted by molar-refractivity contribution is 7.99. The Bertz CT molecular complexity index is 833. The Morgan fingerprint density at radius 3 is 2.86 bits per heavy atom. The van der Waals surface area contributed by atoms with Gasteiger partial charge in [-0.05, 0) is 6.92 Å². The van der Waals surface area contributed by atoms with Crippen molar-refractivity contribution in [1.29, 1.82) is 0 Å². The third-order valence-corrected chi connectivity index (χ3v) is 3.86. The van der Waals surface area contributed by atoms with Gasteiger partial charge in [-0.15, -0.1) is 6.58 Å². The van der Waals surface area contributed by atoms with E-state index >= 15 is 0 Å². The van der Waals surface area contributed by atoms with Crippen LogP contribution in [-0.2, 0) is 23.1 Å². The minimum Gasteiger partial charge on any atom is -0.465 e. The summed E-state index contributed by atoms with van der Waals surface area (Å²) in [5.74, 6) is -0.298. The molecule has 9 heteroatoms. The number of rotatable bonds is 6. The van der Waals surface area contributed by atoms with Crippen LogP contribution in [-0.4, -0.2) is 37.4 Å². The van der Waals surface area contributed by atoms with Crippen molar-refractivity contribution in [3.8, 4) is 0 Å². The molecule has 0 aliphatic rings. The van der Waals surface area contributed by atoms with E-state index in [9.17, 15) is 14.4 Å². The van der Waals surface area contributed by atoms with Crippen molar-refractivity contribution in [1.82, 2.24) is 19.1 Å². The van der Waals surface area contributed by atoms with Crippen molar-refractivity contribution >= 4 is 28.9 Å². The number of aromatic amines is 1. The summed E-state index contributed by atoms with van der Waals surface area (Å²) in [4.78, 5) is 41.7. The van der Waals surface area contributed by atoms with Crippen molar-refractivity contribution < 1.29 is 9.53 Å². The number of fused-ring (bicyclic) bond motifs is 1. The van der Waals surface area contributed by atoms with E-state index in [0.717, 1.165) is 11.8 Å².